The topological polar surface area (TPSA) is 71.8 Å². The number of carbonyl (C=O) groups excluding carboxylic acids is 2. The zero-order valence-electron chi connectivity index (χ0n) is 16.1. The highest BCUT2D eigenvalue weighted by molar-refractivity contribution is 9.10. The average Bonchev–Trinajstić information content (AvgIpc) is 3.19. The molecule has 0 radical (unpaired) electrons. The number of halogens is 1. The van der Waals surface area contributed by atoms with Crippen LogP contribution in [0.5, 0.6) is 5.75 Å². The van der Waals surface area contributed by atoms with E-state index in [1.807, 2.05) is 32.0 Å². The lowest BCUT2D eigenvalue weighted by molar-refractivity contribution is -0.126. The first-order valence-electron chi connectivity index (χ1n) is 9.49. The molecule has 0 bridgehead atoms. The van der Waals surface area contributed by atoms with Crippen LogP contribution in [0.2, 0.25) is 0 Å². The summed E-state index contributed by atoms with van der Waals surface area (Å²) in [5, 5.41) is 2.91. The van der Waals surface area contributed by atoms with Crippen molar-refractivity contribution in [2.24, 2.45) is 5.92 Å². The van der Waals surface area contributed by atoms with Gasteiger partial charge in [0.2, 0.25) is 5.91 Å². The van der Waals surface area contributed by atoms with E-state index in [1.54, 1.807) is 23.3 Å². The molecule has 2 aromatic rings. The molecule has 3 rings (SSSR count). The van der Waals surface area contributed by atoms with Crippen LogP contribution in [-0.4, -0.2) is 35.9 Å². The molecule has 1 saturated heterocycles. The van der Waals surface area contributed by atoms with E-state index < -0.39 is 0 Å². The van der Waals surface area contributed by atoms with E-state index in [1.165, 1.54) is 0 Å². The van der Waals surface area contributed by atoms with Gasteiger partial charge in [-0.1, -0.05) is 15.9 Å². The van der Waals surface area contributed by atoms with Gasteiger partial charge in [-0.3, -0.25) is 9.59 Å². The largest absolute Gasteiger partial charge is 0.490 e. The van der Waals surface area contributed by atoms with Crippen molar-refractivity contribution >= 4 is 27.7 Å². The summed E-state index contributed by atoms with van der Waals surface area (Å²) < 4.78 is 11.9. The van der Waals surface area contributed by atoms with E-state index >= 15 is 0 Å². The molecule has 150 valence electrons. The van der Waals surface area contributed by atoms with Crippen LogP contribution in [0.3, 0.4) is 0 Å². The Morgan fingerprint density at radius 1 is 1.29 bits per heavy atom. The highest BCUT2D eigenvalue weighted by Crippen LogP contribution is 2.28. The fraction of sp³-hybridized carbons (Fsp3) is 0.429. The Morgan fingerprint density at radius 2 is 2.04 bits per heavy atom. The number of piperidine rings is 1. The Hall–Kier alpha value is -2.28. The smallest absolute Gasteiger partial charge is 0.257 e. The minimum atomic E-state index is -0.0877. The monoisotopic (exact) mass is 448 g/mol. The minimum Gasteiger partial charge on any atom is -0.490 e. The Balaban J connectivity index is 1.57. The number of carbonyl (C=O) groups is 2. The second-order valence-electron chi connectivity index (χ2n) is 7.17. The summed E-state index contributed by atoms with van der Waals surface area (Å²) in [6.07, 6.45) is 2.86. The third kappa shape index (κ3) is 5.16. The average molecular weight is 449 g/mol. The van der Waals surface area contributed by atoms with Crippen LogP contribution in [0.25, 0.3) is 0 Å². The van der Waals surface area contributed by atoms with Crippen molar-refractivity contribution in [1.29, 1.82) is 0 Å². The van der Waals surface area contributed by atoms with Gasteiger partial charge >= 0.3 is 0 Å². The van der Waals surface area contributed by atoms with Crippen LogP contribution in [0.1, 0.15) is 42.8 Å². The number of furan rings is 1. The van der Waals surface area contributed by atoms with Crippen molar-refractivity contribution in [3.8, 4) is 5.75 Å². The van der Waals surface area contributed by atoms with Gasteiger partial charge in [0.25, 0.3) is 5.91 Å². The van der Waals surface area contributed by atoms with Gasteiger partial charge in [-0.2, -0.15) is 0 Å². The number of ether oxygens (including phenoxy) is 1. The number of hydrogen-bond acceptors (Lipinski definition) is 4. The Bertz CT molecular complexity index is 812. The molecule has 2 amide bonds. The zero-order chi connectivity index (χ0) is 20.1. The maximum absolute atomic E-state index is 13.0. The predicted molar refractivity (Wildman–Crippen MR) is 109 cm³/mol. The molecule has 0 atom stereocenters. The molecule has 7 heteroatoms. The number of nitrogens with one attached hydrogen (secondary N) is 1. The van der Waals surface area contributed by atoms with Gasteiger partial charge in [0, 0.05) is 23.5 Å². The van der Waals surface area contributed by atoms with E-state index in [4.69, 9.17) is 9.15 Å². The van der Waals surface area contributed by atoms with Crippen LogP contribution in [-0.2, 0) is 11.3 Å². The summed E-state index contributed by atoms with van der Waals surface area (Å²) in [5.41, 5.74) is 0.553. The van der Waals surface area contributed by atoms with Gasteiger partial charge in [-0.05, 0) is 57.0 Å². The molecule has 0 saturated carbocycles. The minimum absolute atomic E-state index is 0.0102. The fourth-order valence-electron chi connectivity index (χ4n) is 3.27. The Labute approximate surface area is 173 Å². The van der Waals surface area contributed by atoms with Crippen molar-refractivity contribution in [2.45, 2.75) is 39.3 Å². The highest BCUT2D eigenvalue weighted by Gasteiger charge is 2.29. The number of likely N-dealkylation sites (tertiary alicyclic amines) is 1. The van der Waals surface area contributed by atoms with Crippen LogP contribution in [0.15, 0.2) is 45.5 Å². The summed E-state index contributed by atoms with van der Waals surface area (Å²) in [6, 6.07) is 9.07. The Kier molecular flexibility index (Phi) is 6.78. The predicted octanol–water partition coefficient (Wildman–Crippen LogP) is 4.00. The van der Waals surface area contributed by atoms with Crippen LogP contribution < -0.4 is 10.1 Å². The van der Waals surface area contributed by atoms with E-state index in [2.05, 4.69) is 21.2 Å². The van der Waals surface area contributed by atoms with Crippen molar-refractivity contribution in [2.75, 3.05) is 13.1 Å². The van der Waals surface area contributed by atoms with Gasteiger partial charge in [-0.15, -0.1) is 0 Å². The van der Waals surface area contributed by atoms with E-state index in [0.29, 0.717) is 43.8 Å². The van der Waals surface area contributed by atoms with Crippen molar-refractivity contribution < 1.29 is 18.7 Å². The molecule has 1 N–H and O–H groups in total. The summed E-state index contributed by atoms with van der Waals surface area (Å²) in [6.45, 7) is 5.35. The molecule has 1 aromatic carbocycles. The zero-order valence-corrected chi connectivity index (χ0v) is 17.7. The molecule has 1 fully saturated rings. The third-order valence-electron chi connectivity index (χ3n) is 4.71. The number of hydrogen-bond donors (Lipinski definition) is 1. The summed E-state index contributed by atoms with van der Waals surface area (Å²) in [4.78, 5) is 27.2. The molecule has 1 aromatic heterocycles. The van der Waals surface area contributed by atoms with Crippen LogP contribution >= 0.6 is 15.9 Å². The quantitative estimate of drug-likeness (QED) is 0.724. The lowest BCUT2D eigenvalue weighted by atomic mass is 9.95. The number of amides is 2. The van der Waals surface area contributed by atoms with Gasteiger partial charge in [-0.25, -0.2) is 0 Å². The SMILES string of the molecule is CC(C)Oc1cc(Br)ccc1C(=O)N1CCC(C(=O)NCc2ccco2)CC1. The first-order chi connectivity index (χ1) is 13.4. The third-order valence-corrected chi connectivity index (χ3v) is 5.20. The summed E-state index contributed by atoms with van der Waals surface area (Å²) in [5.74, 6) is 1.17. The first-order valence-corrected chi connectivity index (χ1v) is 10.3. The lowest BCUT2D eigenvalue weighted by Gasteiger charge is -2.32. The Morgan fingerprint density at radius 3 is 2.68 bits per heavy atom. The molecule has 0 unspecified atom stereocenters. The molecule has 28 heavy (non-hydrogen) atoms. The second-order valence-corrected chi connectivity index (χ2v) is 8.09. The highest BCUT2D eigenvalue weighted by atomic mass is 79.9. The molecular formula is C21H25BrN2O4. The lowest BCUT2D eigenvalue weighted by Crippen LogP contribution is -2.43. The number of benzene rings is 1. The van der Waals surface area contributed by atoms with Gasteiger partial charge in [0.1, 0.15) is 11.5 Å². The molecule has 0 aliphatic carbocycles. The van der Waals surface area contributed by atoms with Crippen molar-refractivity contribution in [1.82, 2.24) is 10.2 Å². The maximum Gasteiger partial charge on any atom is 0.257 e. The summed E-state index contributed by atoms with van der Waals surface area (Å²) in [7, 11) is 0. The van der Waals surface area contributed by atoms with Crippen LogP contribution in [0.4, 0.5) is 0 Å². The van der Waals surface area contributed by atoms with Gasteiger partial charge in [0.15, 0.2) is 0 Å². The summed E-state index contributed by atoms with van der Waals surface area (Å²) >= 11 is 3.43. The molecular weight excluding hydrogens is 424 g/mol. The second kappa shape index (κ2) is 9.28. The van der Waals surface area contributed by atoms with Crippen molar-refractivity contribution in [3.63, 3.8) is 0 Å². The van der Waals surface area contributed by atoms with E-state index in [0.717, 1.165) is 10.2 Å². The van der Waals surface area contributed by atoms with Crippen molar-refractivity contribution in [3.05, 3.63) is 52.4 Å². The molecule has 0 spiro atoms. The molecule has 1 aliphatic rings. The maximum atomic E-state index is 13.0. The first kappa shape index (κ1) is 20.5. The molecule has 1 aliphatic heterocycles. The number of nitrogens with zero attached hydrogens (tertiary/aromatic N) is 1. The standard InChI is InChI=1S/C21H25BrN2O4/c1-14(2)28-19-12-16(22)5-6-18(19)21(26)24-9-7-15(8-10-24)20(25)23-13-17-4-3-11-27-17/h3-6,11-12,14-15H,7-10,13H2,1-2H3,(H,23,25). The van der Waals surface area contributed by atoms with Crippen LogP contribution in [0, 0.1) is 5.92 Å². The van der Waals surface area contributed by atoms with Gasteiger partial charge < -0.3 is 19.4 Å². The molecule has 2 heterocycles. The van der Waals surface area contributed by atoms with E-state index in [-0.39, 0.29) is 23.8 Å². The molecule has 6 nitrogen and oxygen atoms in total. The fourth-order valence-corrected chi connectivity index (χ4v) is 3.61. The van der Waals surface area contributed by atoms with E-state index in [9.17, 15) is 9.59 Å². The van der Waals surface area contributed by atoms with Gasteiger partial charge in [0.05, 0.1) is 24.5 Å². The number of rotatable bonds is 6. The normalized spacial score (nSPS) is 14.9.